The summed E-state index contributed by atoms with van der Waals surface area (Å²) in [6, 6.07) is 6.55. The molecule has 0 radical (unpaired) electrons. The number of aromatic carboxylic acids is 1. The van der Waals surface area contributed by atoms with E-state index in [1.54, 1.807) is 31.5 Å². The lowest BCUT2D eigenvalue weighted by Crippen LogP contribution is -1.95. The molecule has 1 aromatic carbocycles. The van der Waals surface area contributed by atoms with Crippen LogP contribution in [0, 0.1) is 0 Å². The summed E-state index contributed by atoms with van der Waals surface area (Å²) in [5.74, 6) is -0.329. The molecule has 2 rings (SSSR count). The van der Waals surface area contributed by atoms with Crippen LogP contribution in [0.5, 0.6) is 5.75 Å². The number of fused-ring (bicyclic) bond motifs is 1. The highest BCUT2D eigenvalue weighted by molar-refractivity contribution is 5.93. The van der Waals surface area contributed by atoms with Gasteiger partial charge in [0.15, 0.2) is 0 Å². The van der Waals surface area contributed by atoms with Crippen molar-refractivity contribution in [1.82, 2.24) is 4.98 Å². The van der Waals surface area contributed by atoms with Crippen LogP contribution >= 0.6 is 0 Å². The van der Waals surface area contributed by atoms with Gasteiger partial charge in [0.2, 0.25) is 0 Å². The molecular weight excluding hydrogens is 194 g/mol. The summed E-state index contributed by atoms with van der Waals surface area (Å²) in [7, 11) is 1.55. The number of rotatable bonds is 2. The van der Waals surface area contributed by atoms with Gasteiger partial charge in [0.25, 0.3) is 0 Å². The second-order valence-electron chi connectivity index (χ2n) is 3.09. The highest BCUT2D eigenvalue weighted by Crippen LogP contribution is 2.19. The van der Waals surface area contributed by atoms with Crippen molar-refractivity contribution < 1.29 is 14.6 Å². The predicted octanol–water partition coefficient (Wildman–Crippen LogP) is 1.94. The Morgan fingerprint density at radius 2 is 2.20 bits per heavy atom. The predicted molar refractivity (Wildman–Crippen MR) is 55.3 cm³/mol. The van der Waals surface area contributed by atoms with Crippen molar-refractivity contribution in [2.24, 2.45) is 0 Å². The topological polar surface area (TPSA) is 59.4 Å². The Morgan fingerprint density at radius 1 is 1.40 bits per heavy atom. The zero-order valence-corrected chi connectivity index (χ0v) is 8.10. The molecule has 0 atom stereocenters. The Balaban J connectivity index is 2.62. The summed E-state index contributed by atoms with van der Waals surface area (Å²) in [5.41, 5.74) is 0.998. The molecule has 0 bridgehead atoms. The van der Waals surface area contributed by atoms with Crippen LogP contribution in [-0.4, -0.2) is 23.2 Å². The minimum atomic E-state index is -0.945. The van der Waals surface area contributed by atoms with Gasteiger partial charge in [-0.2, -0.15) is 0 Å². The van der Waals surface area contributed by atoms with Crippen molar-refractivity contribution in [3.8, 4) is 5.75 Å². The van der Waals surface area contributed by atoms with Crippen LogP contribution in [0.3, 0.4) is 0 Å². The van der Waals surface area contributed by atoms with Crippen LogP contribution in [0.15, 0.2) is 30.5 Å². The zero-order valence-electron chi connectivity index (χ0n) is 8.10. The molecule has 1 aromatic heterocycles. The molecular formula is C11H9NO3. The molecule has 0 spiro atoms. The van der Waals surface area contributed by atoms with Gasteiger partial charge >= 0.3 is 5.97 Å². The van der Waals surface area contributed by atoms with Crippen molar-refractivity contribution in [2.75, 3.05) is 7.11 Å². The van der Waals surface area contributed by atoms with Gasteiger partial charge in [0.1, 0.15) is 5.75 Å². The third-order valence-corrected chi connectivity index (χ3v) is 2.14. The van der Waals surface area contributed by atoms with Gasteiger partial charge in [-0.15, -0.1) is 0 Å². The van der Waals surface area contributed by atoms with E-state index in [2.05, 4.69) is 4.98 Å². The standard InChI is InChI=1S/C11H9NO3/c1-15-9-5-8-4-7(11(13)14)2-3-10(8)12-6-9/h2-6H,1H3,(H,13,14). The molecule has 76 valence electrons. The first-order valence-electron chi connectivity index (χ1n) is 4.38. The fourth-order valence-corrected chi connectivity index (χ4v) is 1.36. The highest BCUT2D eigenvalue weighted by Gasteiger charge is 2.04. The molecule has 4 heteroatoms. The lowest BCUT2D eigenvalue weighted by Gasteiger charge is -2.02. The van der Waals surface area contributed by atoms with E-state index in [4.69, 9.17) is 9.84 Å². The van der Waals surface area contributed by atoms with Gasteiger partial charge in [-0.25, -0.2) is 4.79 Å². The Kier molecular flexibility index (Phi) is 2.25. The monoisotopic (exact) mass is 203 g/mol. The second-order valence-corrected chi connectivity index (χ2v) is 3.09. The third kappa shape index (κ3) is 1.74. The molecule has 0 saturated heterocycles. The lowest BCUT2D eigenvalue weighted by atomic mass is 10.1. The third-order valence-electron chi connectivity index (χ3n) is 2.14. The normalized spacial score (nSPS) is 10.2. The van der Waals surface area contributed by atoms with E-state index in [0.29, 0.717) is 5.75 Å². The van der Waals surface area contributed by atoms with Crippen molar-refractivity contribution in [3.05, 3.63) is 36.0 Å². The Morgan fingerprint density at radius 3 is 2.87 bits per heavy atom. The van der Waals surface area contributed by atoms with Crippen LogP contribution in [0.4, 0.5) is 0 Å². The van der Waals surface area contributed by atoms with Gasteiger partial charge < -0.3 is 9.84 Å². The first-order valence-corrected chi connectivity index (χ1v) is 4.38. The molecule has 15 heavy (non-hydrogen) atoms. The number of pyridine rings is 1. The van der Waals surface area contributed by atoms with Crippen molar-refractivity contribution >= 4 is 16.9 Å². The number of hydrogen-bond donors (Lipinski definition) is 1. The number of nitrogens with zero attached hydrogens (tertiary/aromatic N) is 1. The minimum absolute atomic E-state index is 0.248. The van der Waals surface area contributed by atoms with E-state index in [1.807, 2.05) is 0 Å². The maximum Gasteiger partial charge on any atom is 0.335 e. The lowest BCUT2D eigenvalue weighted by molar-refractivity contribution is 0.0697. The summed E-state index contributed by atoms with van der Waals surface area (Å²) in [6.07, 6.45) is 1.60. The van der Waals surface area contributed by atoms with Crippen LogP contribution in [0.2, 0.25) is 0 Å². The molecule has 0 aliphatic rings. The summed E-state index contributed by atoms with van der Waals surface area (Å²) < 4.78 is 5.01. The van der Waals surface area contributed by atoms with Gasteiger partial charge in [0.05, 0.1) is 24.4 Å². The van der Waals surface area contributed by atoms with E-state index in [1.165, 1.54) is 6.07 Å². The first-order chi connectivity index (χ1) is 7.20. The van der Waals surface area contributed by atoms with E-state index < -0.39 is 5.97 Å². The fraction of sp³-hybridized carbons (Fsp3) is 0.0909. The minimum Gasteiger partial charge on any atom is -0.495 e. The first kappa shape index (κ1) is 9.45. The van der Waals surface area contributed by atoms with E-state index in [9.17, 15) is 4.79 Å². The average molecular weight is 203 g/mol. The van der Waals surface area contributed by atoms with E-state index in [0.717, 1.165) is 10.9 Å². The molecule has 0 aliphatic carbocycles. The maximum absolute atomic E-state index is 10.7. The number of carboxylic acid groups (broad SMARTS) is 1. The van der Waals surface area contributed by atoms with Crippen LogP contribution < -0.4 is 4.74 Å². The number of benzene rings is 1. The average Bonchev–Trinajstić information content (AvgIpc) is 2.27. The van der Waals surface area contributed by atoms with Crippen LogP contribution in [-0.2, 0) is 0 Å². The molecule has 0 unspecified atom stereocenters. The molecule has 1 heterocycles. The summed E-state index contributed by atoms with van der Waals surface area (Å²) in [4.78, 5) is 14.9. The maximum atomic E-state index is 10.7. The summed E-state index contributed by atoms with van der Waals surface area (Å²) in [6.45, 7) is 0. The smallest absolute Gasteiger partial charge is 0.335 e. The summed E-state index contributed by atoms with van der Waals surface area (Å²) >= 11 is 0. The quantitative estimate of drug-likeness (QED) is 0.810. The number of methoxy groups -OCH3 is 1. The molecule has 0 fully saturated rings. The Labute approximate surface area is 86.1 Å². The SMILES string of the molecule is COc1cnc2ccc(C(=O)O)cc2c1. The number of hydrogen-bond acceptors (Lipinski definition) is 3. The molecule has 1 N–H and O–H groups in total. The van der Waals surface area contributed by atoms with E-state index >= 15 is 0 Å². The van der Waals surface area contributed by atoms with E-state index in [-0.39, 0.29) is 5.56 Å². The molecule has 0 aliphatic heterocycles. The van der Waals surface area contributed by atoms with Crippen molar-refractivity contribution in [2.45, 2.75) is 0 Å². The number of carbonyl (C=O) groups is 1. The number of aromatic nitrogens is 1. The summed E-state index contributed by atoms with van der Waals surface area (Å²) in [5, 5.41) is 9.58. The number of ether oxygens (including phenoxy) is 1. The van der Waals surface area contributed by atoms with Gasteiger partial charge in [-0.1, -0.05) is 0 Å². The van der Waals surface area contributed by atoms with Crippen molar-refractivity contribution in [3.63, 3.8) is 0 Å². The highest BCUT2D eigenvalue weighted by atomic mass is 16.5. The molecule has 4 nitrogen and oxygen atoms in total. The van der Waals surface area contributed by atoms with Gasteiger partial charge in [0, 0.05) is 5.39 Å². The van der Waals surface area contributed by atoms with Crippen LogP contribution in [0.25, 0.3) is 10.9 Å². The number of carboxylic acids is 1. The Hall–Kier alpha value is -2.10. The molecule has 0 saturated carbocycles. The van der Waals surface area contributed by atoms with Gasteiger partial charge in [-0.05, 0) is 24.3 Å². The largest absolute Gasteiger partial charge is 0.495 e. The second kappa shape index (κ2) is 3.57. The Bertz CT molecular complexity index is 522. The van der Waals surface area contributed by atoms with Crippen molar-refractivity contribution in [1.29, 1.82) is 0 Å². The van der Waals surface area contributed by atoms with Gasteiger partial charge in [-0.3, -0.25) is 4.98 Å². The zero-order chi connectivity index (χ0) is 10.8. The fourth-order valence-electron chi connectivity index (χ4n) is 1.36. The molecule has 0 amide bonds. The van der Waals surface area contributed by atoms with Crippen LogP contribution in [0.1, 0.15) is 10.4 Å². The molecule has 2 aromatic rings.